The number of fused-ring (bicyclic) bond motifs is 2. The highest BCUT2D eigenvalue weighted by molar-refractivity contribution is 9.10. The molecule has 3 aromatic rings. The van der Waals surface area contributed by atoms with Crippen LogP contribution < -0.4 is 10.2 Å². The number of nitrogens with zero attached hydrogens (tertiary/aromatic N) is 1. The zero-order valence-electron chi connectivity index (χ0n) is 15.5. The van der Waals surface area contributed by atoms with Crippen molar-refractivity contribution in [1.82, 2.24) is 5.32 Å². The van der Waals surface area contributed by atoms with Crippen LogP contribution in [0.5, 0.6) is 0 Å². The van der Waals surface area contributed by atoms with E-state index in [9.17, 15) is 14.4 Å². The quantitative estimate of drug-likeness (QED) is 0.545. The molecule has 0 fully saturated rings. The van der Waals surface area contributed by atoms with Crippen molar-refractivity contribution < 1.29 is 23.5 Å². The Balaban J connectivity index is 1.39. The van der Waals surface area contributed by atoms with Gasteiger partial charge in [-0.05, 0) is 52.3 Å². The van der Waals surface area contributed by atoms with E-state index in [4.69, 9.17) is 9.15 Å². The Kier molecular flexibility index (Phi) is 5.91. The van der Waals surface area contributed by atoms with Crippen molar-refractivity contribution in [1.29, 1.82) is 0 Å². The maximum atomic E-state index is 12.9. The number of carbonyl (C=O) groups excluding carboxylic acids is 3. The monoisotopic (exact) mass is 486 g/mol. The normalized spacial score (nSPS) is 12.0. The summed E-state index contributed by atoms with van der Waals surface area (Å²) in [4.78, 5) is 40.3. The summed E-state index contributed by atoms with van der Waals surface area (Å²) in [6.45, 7) is -0.832. The largest absolute Gasteiger partial charge is 0.454 e. The first kappa shape index (κ1) is 20.2. The lowest BCUT2D eigenvalue weighted by atomic mass is 10.2. The van der Waals surface area contributed by atoms with E-state index in [2.05, 4.69) is 21.2 Å². The number of hydrogen-bond acceptors (Lipinski definition) is 6. The fourth-order valence-corrected chi connectivity index (χ4v) is 4.27. The van der Waals surface area contributed by atoms with Gasteiger partial charge in [-0.1, -0.05) is 36.0 Å². The molecular weight excluding hydrogens is 472 g/mol. The lowest BCUT2D eigenvalue weighted by Gasteiger charge is -2.30. The topological polar surface area (TPSA) is 88.9 Å². The number of anilines is 2. The van der Waals surface area contributed by atoms with Gasteiger partial charge in [-0.2, -0.15) is 0 Å². The summed E-state index contributed by atoms with van der Waals surface area (Å²) in [7, 11) is 0. The second kappa shape index (κ2) is 8.76. The van der Waals surface area contributed by atoms with Crippen LogP contribution in [0.15, 0.2) is 79.5 Å². The zero-order valence-corrected chi connectivity index (χ0v) is 17.9. The summed E-state index contributed by atoms with van der Waals surface area (Å²) in [5, 5.41) is 2.39. The number of ether oxygens (including phenoxy) is 1. The molecule has 2 amide bonds. The van der Waals surface area contributed by atoms with E-state index in [1.807, 2.05) is 48.5 Å². The van der Waals surface area contributed by atoms with Crippen LogP contribution >= 0.6 is 27.7 Å². The zero-order chi connectivity index (χ0) is 21.1. The average molecular weight is 487 g/mol. The number of esters is 1. The second-order valence-corrected chi connectivity index (χ2v) is 8.08. The molecule has 9 heteroatoms. The van der Waals surface area contributed by atoms with E-state index < -0.39 is 18.5 Å². The summed E-state index contributed by atoms with van der Waals surface area (Å²) in [6.07, 6.45) is 0. The third-order valence-corrected chi connectivity index (χ3v) is 5.79. The second-order valence-electron chi connectivity index (χ2n) is 6.21. The summed E-state index contributed by atoms with van der Waals surface area (Å²) in [5.74, 6) is -1.61. The number of halogens is 1. The summed E-state index contributed by atoms with van der Waals surface area (Å²) < 4.78 is 10.6. The molecule has 0 spiro atoms. The maximum absolute atomic E-state index is 12.9. The van der Waals surface area contributed by atoms with Crippen LogP contribution in [0, 0.1) is 0 Å². The van der Waals surface area contributed by atoms with Crippen molar-refractivity contribution in [2.75, 3.05) is 18.1 Å². The van der Waals surface area contributed by atoms with Gasteiger partial charge in [0.05, 0.1) is 11.4 Å². The van der Waals surface area contributed by atoms with Crippen LogP contribution in [0.2, 0.25) is 0 Å². The molecular formula is C21H15BrN2O5S. The minimum atomic E-state index is -0.727. The van der Waals surface area contributed by atoms with Crippen molar-refractivity contribution in [3.8, 4) is 0 Å². The van der Waals surface area contributed by atoms with E-state index in [1.165, 1.54) is 6.07 Å². The van der Waals surface area contributed by atoms with Crippen LogP contribution in [0.3, 0.4) is 0 Å². The Bertz CT molecular complexity index is 1080. The van der Waals surface area contributed by atoms with Crippen molar-refractivity contribution in [2.24, 2.45) is 0 Å². The first-order valence-corrected chi connectivity index (χ1v) is 10.5. The van der Waals surface area contributed by atoms with Crippen molar-refractivity contribution in [3.05, 3.63) is 71.1 Å². The molecule has 7 nitrogen and oxygen atoms in total. The summed E-state index contributed by atoms with van der Waals surface area (Å²) in [6, 6.07) is 18.1. The Hall–Kier alpha value is -3.04. The van der Waals surface area contributed by atoms with Crippen molar-refractivity contribution in [2.45, 2.75) is 9.79 Å². The number of rotatable bonds is 5. The Morgan fingerprint density at radius 3 is 2.20 bits per heavy atom. The molecule has 152 valence electrons. The molecule has 0 saturated heterocycles. The number of hydrogen-bond donors (Lipinski definition) is 1. The molecule has 0 saturated carbocycles. The van der Waals surface area contributed by atoms with Gasteiger partial charge >= 0.3 is 5.97 Å². The number of carbonyl (C=O) groups is 3. The third-order valence-electron chi connectivity index (χ3n) is 4.23. The van der Waals surface area contributed by atoms with Crippen molar-refractivity contribution in [3.63, 3.8) is 0 Å². The Morgan fingerprint density at radius 1 is 0.967 bits per heavy atom. The van der Waals surface area contributed by atoms with Crippen LogP contribution in [0.4, 0.5) is 11.4 Å². The highest BCUT2D eigenvalue weighted by Gasteiger charge is 2.28. The van der Waals surface area contributed by atoms with Gasteiger partial charge in [-0.15, -0.1) is 0 Å². The predicted molar refractivity (Wildman–Crippen MR) is 114 cm³/mol. The minimum Gasteiger partial charge on any atom is -0.454 e. The Labute approximate surface area is 184 Å². The van der Waals surface area contributed by atoms with Gasteiger partial charge in [0.25, 0.3) is 11.8 Å². The molecule has 1 N–H and O–H groups in total. The maximum Gasteiger partial charge on any atom is 0.325 e. The van der Waals surface area contributed by atoms with Gasteiger partial charge in [0, 0.05) is 9.79 Å². The van der Waals surface area contributed by atoms with Crippen LogP contribution in [0.1, 0.15) is 10.6 Å². The molecule has 0 bridgehead atoms. The number of amides is 2. The van der Waals surface area contributed by atoms with Gasteiger partial charge < -0.3 is 14.5 Å². The number of nitrogens with one attached hydrogen (secondary N) is 1. The number of benzene rings is 2. The van der Waals surface area contributed by atoms with Gasteiger partial charge in [-0.3, -0.25) is 19.3 Å². The predicted octanol–water partition coefficient (Wildman–Crippen LogP) is 4.14. The smallest absolute Gasteiger partial charge is 0.325 e. The third kappa shape index (κ3) is 4.27. The molecule has 2 aromatic carbocycles. The molecule has 0 aliphatic carbocycles. The lowest BCUT2D eigenvalue weighted by molar-refractivity contribution is -0.146. The molecule has 0 unspecified atom stereocenters. The highest BCUT2D eigenvalue weighted by atomic mass is 79.9. The number of furan rings is 1. The Morgan fingerprint density at radius 2 is 1.60 bits per heavy atom. The lowest BCUT2D eigenvalue weighted by Crippen LogP contribution is -2.35. The molecule has 1 aliphatic heterocycles. The number of para-hydroxylation sites is 2. The summed E-state index contributed by atoms with van der Waals surface area (Å²) in [5.41, 5.74) is 1.47. The first-order chi connectivity index (χ1) is 14.5. The fraction of sp³-hybridized carbons (Fsp3) is 0.0952. The molecule has 4 rings (SSSR count). The van der Waals surface area contributed by atoms with E-state index in [-0.39, 0.29) is 18.2 Å². The van der Waals surface area contributed by atoms with Crippen LogP contribution in [-0.4, -0.2) is 30.9 Å². The van der Waals surface area contributed by atoms with Crippen LogP contribution in [-0.2, 0) is 14.3 Å². The van der Waals surface area contributed by atoms with E-state index in [0.29, 0.717) is 4.67 Å². The fourth-order valence-electron chi connectivity index (χ4n) is 2.91. The van der Waals surface area contributed by atoms with Gasteiger partial charge in [-0.25, -0.2) is 0 Å². The summed E-state index contributed by atoms with van der Waals surface area (Å²) >= 11 is 4.68. The highest BCUT2D eigenvalue weighted by Crippen LogP contribution is 2.47. The first-order valence-electron chi connectivity index (χ1n) is 8.91. The van der Waals surface area contributed by atoms with E-state index in [0.717, 1.165) is 21.2 Å². The SMILES string of the molecule is O=C(CNC(=O)c1ccc(Br)o1)OCC(=O)N1c2ccccc2Sc2ccccc21. The molecule has 2 heterocycles. The molecule has 1 aromatic heterocycles. The molecule has 30 heavy (non-hydrogen) atoms. The minimum absolute atomic E-state index is 0.0600. The standard InChI is InChI=1S/C21H15BrN2O5S/c22-18-10-9-15(29-18)21(27)23-11-20(26)28-12-19(25)24-13-5-1-3-7-16(13)30-17-8-4-2-6-14(17)24/h1-10H,11-12H2,(H,23,27). The molecule has 0 radical (unpaired) electrons. The van der Waals surface area contributed by atoms with Crippen molar-refractivity contribution >= 4 is 56.9 Å². The van der Waals surface area contributed by atoms with E-state index in [1.54, 1.807) is 22.7 Å². The molecule has 1 aliphatic rings. The van der Waals surface area contributed by atoms with Gasteiger partial charge in [0.1, 0.15) is 6.54 Å². The van der Waals surface area contributed by atoms with E-state index >= 15 is 0 Å². The van der Waals surface area contributed by atoms with Gasteiger partial charge in [0.15, 0.2) is 17.0 Å². The molecule has 0 atom stereocenters. The average Bonchev–Trinajstić information content (AvgIpc) is 3.20. The van der Waals surface area contributed by atoms with Crippen LogP contribution in [0.25, 0.3) is 0 Å². The van der Waals surface area contributed by atoms with Gasteiger partial charge in [0.2, 0.25) is 0 Å².